The van der Waals surface area contributed by atoms with Crippen LogP contribution in [-0.4, -0.2) is 0 Å². The second-order valence-corrected chi connectivity index (χ2v) is 4.12. The first-order chi connectivity index (χ1) is 5.25. The van der Waals surface area contributed by atoms with Crippen LogP contribution in [0, 0.1) is 13.0 Å². The van der Waals surface area contributed by atoms with Crippen molar-refractivity contribution in [2.24, 2.45) is 0 Å². The minimum Gasteiger partial charge on any atom is -0.140 e. The van der Waals surface area contributed by atoms with Gasteiger partial charge in [0.15, 0.2) is 0 Å². The van der Waals surface area contributed by atoms with Crippen LogP contribution in [0.15, 0.2) is 18.2 Å². The molecule has 0 fully saturated rings. The molecule has 0 unspecified atom stereocenters. The first kappa shape index (κ1) is 7.14. The minimum atomic E-state index is 0.784. The Morgan fingerprint density at radius 1 is 1.45 bits per heavy atom. The van der Waals surface area contributed by atoms with Crippen LogP contribution >= 0.6 is 22.9 Å². The van der Waals surface area contributed by atoms with Gasteiger partial charge in [0, 0.05) is 26.1 Å². The second kappa shape index (κ2) is 2.50. The Balaban J connectivity index is 2.82. The van der Waals surface area contributed by atoms with E-state index in [4.69, 9.17) is 11.6 Å². The Morgan fingerprint density at radius 3 is 3.09 bits per heavy atom. The van der Waals surface area contributed by atoms with Crippen molar-refractivity contribution < 1.29 is 0 Å². The van der Waals surface area contributed by atoms with Gasteiger partial charge in [-0.05, 0) is 25.1 Å². The number of hydrogen-bond acceptors (Lipinski definition) is 1. The molecule has 1 aromatic carbocycles. The minimum absolute atomic E-state index is 0.784. The molecule has 1 radical (unpaired) electrons. The molecule has 0 saturated heterocycles. The molecule has 55 valence electrons. The number of benzene rings is 1. The fraction of sp³-hybridized carbons (Fsp3) is 0.111. The third kappa shape index (κ3) is 1.26. The normalized spacial score (nSPS) is 10.7. The van der Waals surface area contributed by atoms with Crippen molar-refractivity contribution in [2.75, 3.05) is 0 Å². The molecule has 0 saturated carbocycles. The van der Waals surface area contributed by atoms with Gasteiger partial charge >= 0.3 is 0 Å². The SMILES string of the molecule is Cc1[c]c2cc(Cl)ccc2s1. The molecule has 0 spiro atoms. The standard InChI is InChI=1S/C9H6ClS/c1-6-4-7-5-8(10)2-3-9(7)11-6/h2-3,5H,1H3. The lowest BCUT2D eigenvalue weighted by molar-refractivity contribution is 1.64. The molecule has 1 aromatic heterocycles. The fourth-order valence-electron chi connectivity index (χ4n) is 1.07. The summed E-state index contributed by atoms with van der Waals surface area (Å²) < 4.78 is 1.26. The van der Waals surface area contributed by atoms with Crippen molar-refractivity contribution in [3.8, 4) is 0 Å². The van der Waals surface area contributed by atoms with Gasteiger partial charge in [-0.1, -0.05) is 11.6 Å². The van der Waals surface area contributed by atoms with Crippen molar-refractivity contribution in [2.45, 2.75) is 6.92 Å². The average Bonchev–Trinajstić information content (AvgIpc) is 2.27. The predicted molar refractivity (Wildman–Crippen MR) is 50.4 cm³/mol. The van der Waals surface area contributed by atoms with E-state index in [2.05, 4.69) is 13.0 Å². The van der Waals surface area contributed by atoms with E-state index in [1.807, 2.05) is 18.2 Å². The summed E-state index contributed by atoms with van der Waals surface area (Å²) in [5.74, 6) is 0. The lowest BCUT2D eigenvalue weighted by Gasteiger charge is -1.87. The van der Waals surface area contributed by atoms with Gasteiger partial charge in [-0.15, -0.1) is 11.3 Å². The van der Waals surface area contributed by atoms with Crippen molar-refractivity contribution in [1.29, 1.82) is 0 Å². The molecule has 1 heterocycles. The number of rotatable bonds is 0. The van der Waals surface area contributed by atoms with Gasteiger partial charge in [0.05, 0.1) is 0 Å². The smallest absolute Gasteiger partial charge is 0.0413 e. The van der Waals surface area contributed by atoms with E-state index in [-0.39, 0.29) is 0 Å². The molecular weight excluding hydrogens is 176 g/mol. The third-order valence-corrected chi connectivity index (χ3v) is 2.73. The van der Waals surface area contributed by atoms with Crippen LogP contribution < -0.4 is 0 Å². The van der Waals surface area contributed by atoms with Crippen LogP contribution in [0.3, 0.4) is 0 Å². The number of fused-ring (bicyclic) bond motifs is 1. The van der Waals surface area contributed by atoms with Crippen LogP contribution in [0.4, 0.5) is 0 Å². The van der Waals surface area contributed by atoms with Crippen LogP contribution in [-0.2, 0) is 0 Å². The van der Waals surface area contributed by atoms with Crippen LogP contribution in [0.5, 0.6) is 0 Å². The molecular formula is C9H6ClS. The topological polar surface area (TPSA) is 0 Å². The molecule has 11 heavy (non-hydrogen) atoms. The van der Waals surface area contributed by atoms with Gasteiger partial charge in [-0.2, -0.15) is 0 Å². The summed E-state index contributed by atoms with van der Waals surface area (Å²) >= 11 is 7.56. The quantitative estimate of drug-likeness (QED) is 0.582. The molecule has 0 nitrogen and oxygen atoms in total. The van der Waals surface area contributed by atoms with Crippen molar-refractivity contribution in [1.82, 2.24) is 0 Å². The zero-order valence-electron chi connectivity index (χ0n) is 6.02. The van der Waals surface area contributed by atoms with E-state index < -0.39 is 0 Å². The molecule has 0 N–H and O–H groups in total. The summed E-state index contributed by atoms with van der Waals surface area (Å²) in [6.07, 6.45) is 0. The maximum absolute atomic E-state index is 5.81. The van der Waals surface area contributed by atoms with Crippen molar-refractivity contribution in [3.63, 3.8) is 0 Å². The Bertz CT molecular complexity index is 389. The molecule has 2 heteroatoms. The summed E-state index contributed by atoms with van der Waals surface area (Å²) in [6, 6.07) is 9.12. The number of aryl methyl sites for hydroxylation is 1. The lowest BCUT2D eigenvalue weighted by Crippen LogP contribution is -1.62. The Hall–Kier alpha value is -0.530. The number of thiophene rings is 1. The zero-order chi connectivity index (χ0) is 7.84. The fourth-order valence-corrected chi connectivity index (χ4v) is 2.09. The van der Waals surface area contributed by atoms with Gasteiger partial charge in [0.25, 0.3) is 0 Å². The average molecular weight is 182 g/mol. The molecule has 0 bridgehead atoms. The number of halogens is 1. The Labute approximate surface area is 74.4 Å². The highest BCUT2D eigenvalue weighted by Gasteiger charge is 1.98. The maximum atomic E-state index is 5.81. The highest BCUT2D eigenvalue weighted by Crippen LogP contribution is 2.26. The summed E-state index contributed by atoms with van der Waals surface area (Å²) in [7, 11) is 0. The lowest BCUT2D eigenvalue weighted by atomic mass is 10.2. The molecule has 2 rings (SSSR count). The zero-order valence-corrected chi connectivity index (χ0v) is 7.59. The van der Waals surface area contributed by atoms with Crippen LogP contribution in [0.2, 0.25) is 5.02 Å². The summed E-state index contributed by atoms with van der Waals surface area (Å²) in [6.45, 7) is 2.05. The molecule has 2 aromatic rings. The van der Waals surface area contributed by atoms with Crippen LogP contribution in [0.1, 0.15) is 4.88 Å². The van der Waals surface area contributed by atoms with Crippen LogP contribution in [0.25, 0.3) is 10.1 Å². The van der Waals surface area contributed by atoms with Gasteiger partial charge in [0.2, 0.25) is 0 Å². The van der Waals surface area contributed by atoms with Crippen molar-refractivity contribution in [3.05, 3.63) is 34.2 Å². The maximum Gasteiger partial charge on any atom is 0.0413 e. The molecule has 0 aliphatic carbocycles. The largest absolute Gasteiger partial charge is 0.140 e. The Morgan fingerprint density at radius 2 is 2.27 bits per heavy atom. The molecule has 0 aliphatic heterocycles. The van der Waals surface area contributed by atoms with Gasteiger partial charge < -0.3 is 0 Å². The molecule has 0 atom stereocenters. The van der Waals surface area contributed by atoms with Gasteiger partial charge in [0.1, 0.15) is 0 Å². The number of hydrogen-bond donors (Lipinski definition) is 0. The van der Waals surface area contributed by atoms with Crippen molar-refractivity contribution >= 4 is 33.0 Å². The first-order valence-corrected chi connectivity index (χ1v) is 4.53. The van der Waals surface area contributed by atoms with Gasteiger partial charge in [-0.25, -0.2) is 0 Å². The predicted octanol–water partition coefficient (Wildman–Crippen LogP) is 3.66. The Kier molecular flexibility index (Phi) is 1.63. The molecule has 0 amide bonds. The second-order valence-electron chi connectivity index (χ2n) is 2.42. The van der Waals surface area contributed by atoms with E-state index in [1.54, 1.807) is 11.3 Å². The first-order valence-electron chi connectivity index (χ1n) is 3.34. The van der Waals surface area contributed by atoms with E-state index in [1.165, 1.54) is 9.58 Å². The highest BCUT2D eigenvalue weighted by atomic mass is 35.5. The summed E-state index contributed by atoms with van der Waals surface area (Å²) in [4.78, 5) is 1.21. The molecule has 0 aliphatic rings. The highest BCUT2D eigenvalue weighted by molar-refractivity contribution is 7.18. The van der Waals surface area contributed by atoms with E-state index in [9.17, 15) is 0 Å². The summed E-state index contributed by atoms with van der Waals surface area (Å²) in [5.41, 5.74) is 0. The van der Waals surface area contributed by atoms with E-state index in [0.29, 0.717) is 0 Å². The van der Waals surface area contributed by atoms with E-state index in [0.717, 1.165) is 10.4 Å². The summed E-state index contributed by atoms with van der Waals surface area (Å²) in [5, 5.41) is 1.91. The monoisotopic (exact) mass is 181 g/mol. The van der Waals surface area contributed by atoms with E-state index >= 15 is 0 Å². The third-order valence-electron chi connectivity index (χ3n) is 1.52. The van der Waals surface area contributed by atoms with Gasteiger partial charge in [-0.3, -0.25) is 0 Å².